The van der Waals surface area contributed by atoms with Gasteiger partial charge in [-0.05, 0) is 48.4 Å². The number of carbonyl (C=O) groups excluding carboxylic acids is 2. The second-order valence-electron chi connectivity index (χ2n) is 5.54. The Morgan fingerprint density at radius 3 is 2.48 bits per heavy atom. The van der Waals surface area contributed by atoms with Gasteiger partial charge in [-0.2, -0.15) is 0 Å². The summed E-state index contributed by atoms with van der Waals surface area (Å²) in [5.74, 6) is -0.410. The zero-order valence-electron chi connectivity index (χ0n) is 15.1. The summed E-state index contributed by atoms with van der Waals surface area (Å²) < 4.78 is 23.6. The Kier molecular flexibility index (Phi) is 7.37. The molecule has 0 saturated heterocycles. The maximum Gasteiger partial charge on any atom is 0.269 e. The van der Waals surface area contributed by atoms with Crippen molar-refractivity contribution in [2.45, 2.75) is 13.3 Å². The Morgan fingerprint density at radius 1 is 1.07 bits per heavy atom. The van der Waals surface area contributed by atoms with E-state index < -0.39 is 11.8 Å². The highest BCUT2D eigenvalue weighted by Gasteiger charge is 2.11. The molecule has 2 aromatic rings. The first-order valence-corrected chi connectivity index (χ1v) is 8.38. The maximum absolute atomic E-state index is 12.8. The standard InChI is InChI=1S/C20H21FN2O4/c1-3-12-27-17-10-7-15(13-18(17)26-2)20(25)23-22-19(24)11-6-14-4-8-16(21)9-5-14/h4-11,13H,3,12H2,1-2H3,(H,22,24)(H,23,25)/b11-6+. The fourth-order valence-electron chi connectivity index (χ4n) is 2.12. The number of halogens is 1. The molecule has 2 amide bonds. The van der Waals surface area contributed by atoms with Gasteiger partial charge in [0.05, 0.1) is 13.7 Å². The lowest BCUT2D eigenvalue weighted by atomic mass is 10.2. The highest BCUT2D eigenvalue weighted by Crippen LogP contribution is 2.28. The Bertz CT molecular complexity index is 819. The number of hydrazine groups is 1. The molecule has 2 rings (SSSR count). The Balaban J connectivity index is 1.92. The lowest BCUT2D eigenvalue weighted by Crippen LogP contribution is -2.40. The molecule has 0 fully saturated rings. The number of hydrogen-bond acceptors (Lipinski definition) is 4. The van der Waals surface area contributed by atoms with Crippen molar-refractivity contribution >= 4 is 17.9 Å². The third-order valence-corrected chi connectivity index (χ3v) is 3.48. The van der Waals surface area contributed by atoms with E-state index in [2.05, 4.69) is 10.9 Å². The minimum absolute atomic E-state index is 0.304. The van der Waals surface area contributed by atoms with Crippen LogP contribution in [0.5, 0.6) is 11.5 Å². The van der Waals surface area contributed by atoms with Crippen LogP contribution in [0.1, 0.15) is 29.3 Å². The monoisotopic (exact) mass is 372 g/mol. The van der Waals surface area contributed by atoms with Gasteiger partial charge in [0.2, 0.25) is 0 Å². The van der Waals surface area contributed by atoms with Crippen molar-refractivity contribution in [1.29, 1.82) is 0 Å². The van der Waals surface area contributed by atoms with Gasteiger partial charge in [0.25, 0.3) is 11.8 Å². The number of nitrogens with one attached hydrogen (secondary N) is 2. The van der Waals surface area contributed by atoms with Gasteiger partial charge in [-0.15, -0.1) is 0 Å². The normalized spacial score (nSPS) is 10.5. The molecule has 7 heteroatoms. The molecule has 0 bridgehead atoms. The summed E-state index contributed by atoms with van der Waals surface area (Å²) in [6.07, 6.45) is 3.59. The second kappa shape index (κ2) is 9.96. The van der Waals surface area contributed by atoms with E-state index in [0.717, 1.165) is 6.42 Å². The molecule has 2 aromatic carbocycles. The van der Waals surface area contributed by atoms with Crippen LogP contribution in [0.4, 0.5) is 4.39 Å². The number of amides is 2. The number of hydrogen-bond donors (Lipinski definition) is 2. The van der Waals surface area contributed by atoms with E-state index >= 15 is 0 Å². The van der Waals surface area contributed by atoms with E-state index in [1.165, 1.54) is 49.6 Å². The van der Waals surface area contributed by atoms with Gasteiger partial charge in [-0.25, -0.2) is 4.39 Å². The summed E-state index contributed by atoms with van der Waals surface area (Å²) in [6.45, 7) is 2.53. The van der Waals surface area contributed by atoms with Crippen molar-refractivity contribution in [2.75, 3.05) is 13.7 Å². The van der Waals surface area contributed by atoms with Gasteiger partial charge in [-0.3, -0.25) is 20.4 Å². The van der Waals surface area contributed by atoms with Gasteiger partial charge in [-0.1, -0.05) is 19.1 Å². The van der Waals surface area contributed by atoms with Crippen LogP contribution in [-0.4, -0.2) is 25.5 Å². The number of methoxy groups -OCH3 is 1. The SMILES string of the molecule is CCCOc1ccc(C(=O)NNC(=O)/C=C/c2ccc(F)cc2)cc1OC. The Labute approximate surface area is 157 Å². The fraction of sp³-hybridized carbons (Fsp3) is 0.200. The molecule has 6 nitrogen and oxygen atoms in total. The molecule has 142 valence electrons. The summed E-state index contributed by atoms with van der Waals surface area (Å²) in [5, 5.41) is 0. The van der Waals surface area contributed by atoms with Gasteiger partial charge in [0.1, 0.15) is 5.82 Å². The smallest absolute Gasteiger partial charge is 0.269 e. The van der Waals surface area contributed by atoms with Crippen LogP contribution >= 0.6 is 0 Å². The molecule has 0 aliphatic carbocycles. The predicted molar refractivity (Wildman–Crippen MR) is 99.8 cm³/mol. The topological polar surface area (TPSA) is 76.7 Å². The lowest BCUT2D eigenvalue weighted by Gasteiger charge is -2.12. The average Bonchev–Trinajstić information content (AvgIpc) is 2.69. The van der Waals surface area contributed by atoms with Crippen LogP contribution in [0.2, 0.25) is 0 Å². The number of carbonyl (C=O) groups is 2. The lowest BCUT2D eigenvalue weighted by molar-refractivity contribution is -0.117. The summed E-state index contributed by atoms with van der Waals surface area (Å²) in [6, 6.07) is 10.4. The Morgan fingerprint density at radius 2 is 1.81 bits per heavy atom. The highest BCUT2D eigenvalue weighted by atomic mass is 19.1. The minimum Gasteiger partial charge on any atom is -0.493 e. The van der Waals surface area contributed by atoms with Crippen molar-refractivity contribution in [3.05, 3.63) is 65.5 Å². The first kappa shape index (κ1) is 20.0. The van der Waals surface area contributed by atoms with Gasteiger partial charge in [0.15, 0.2) is 11.5 Å². The van der Waals surface area contributed by atoms with E-state index in [1.807, 2.05) is 6.92 Å². The van der Waals surface area contributed by atoms with Gasteiger partial charge in [0, 0.05) is 11.6 Å². The molecule has 0 heterocycles. The summed E-state index contributed by atoms with van der Waals surface area (Å²) >= 11 is 0. The van der Waals surface area contributed by atoms with Crippen molar-refractivity contribution in [2.24, 2.45) is 0 Å². The molecule has 0 spiro atoms. The molecule has 0 unspecified atom stereocenters. The van der Waals surface area contributed by atoms with Crippen LogP contribution in [0.25, 0.3) is 6.08 Å². The summed E-state index contributed by atoms with van der Waals surface area (Å²) in [5.41, 5.74) is 5.55. The average molecular weight is 372 g/mol. The van der Waals surface area contributed by atoms with E-state index in [9.17, 15) is 14.0 Å². The molecule has 27 heavy (non-hydrogen) atoms. The van der Waals surface area contributed by atoms with E-state index in [4.69, 9.17) is 9.47 Å². The van der Waals surface area contributed by atoms with Gasteiger partial charge < -0.3 is 9.47 Å². The first-order chi connectivity index (χ1) is 13.0. The second-order valence-corrected chi connectivity index (χ2v) is 5.54. The third-order valence-electron chi connectivity index (χ3n) is 3.48. The van der Waals surface area contributed by atoms with Crippen LogP contribution in [-0.2, 0) is 4.79 Å². The molecule has 2 N–H and O–H groups in total. The number of benzene rings is 2. The molecular formula is C20H21FN2O4. The number of rotatable bonds is 7. The summed E-state index contributed by atoms with van der Waals surface area (Å²) in [7, 11) is 1.48. The van der Waals surface area contributed by atoms with Crippen molar-refractivity contribution < 1.29 is 23.5 Å². The largest absolute Gasteiger partial charge is 0.493 e. The summed E-state index contributed by atoms with van der Waals surface area (Å²) in [4.78, 5) is 23.9. The molecule has 0 aromatic heterocycles. The van der Waals surface area contributed by atoms with Crippen molar-refractivity contribution in [3.8, 4) is 11.5 Å². The minimum atomic E-state index is -0.525. The molecule has 0 radical (unpaired) electrons. The zero-order chi connectivity index (χ0) is 19.6. The third kappa shape index (κ3) is 6.14. The highest BCUT2D eigenvalue weighted by molar-refractivity contribution is 5.98. The van der Waals surface area contributed by atoms with Crippen molar-refractivity contribution in [1.82, 2.24) is 10.9 Å². The predicted octanol–water partition coefficient (Wildman–Crippen LogP) is 3.10. The van der Waals surface area contributed by atoms with E-state index in [-0.39, 0.29) is 5.82 Å². The van der Waals surface area contributed by atoms with Crippen LogP contribution in [0.15, 0.2) is 48.5 Å². The van der Waals surface area contributed by atoms with E-state index in [1.54, 1.807) is 12.1 Å². The molecule has 0 saturated carbocycles. The molecule has 0 atom stereocenters. The molecule has 0 aliphatic rings. The Hall–Kier alpha value is -3.35. The fourth-order valence-corrected chi connectivity index (χ4v) is 2.12. The zero-order valence-corrected chi connectivity index (χ0v) is 15.1. The van der Waals surface area contributed by atoms with Crippen LogP contribution in [0.3, 0.4) is 0 Å². The van der Waals surface area contributed by atoms with E-state index in [0.29, 0.717) is 29.2 Å². The maximum atomic E-state index is 12.8. The molecule has 0 aliphatic heterocycles. The van der Waals surface area contributed by atoms with Gasteiger partial charge >= 0.3 is 0 Å². The van der Waals surface area contributed by atoms with Crippen LogP contribution < -0.4 is 20.3 Å². The molecular weight excluding hydrogens is 351 g/mol. The first-order valence-electron chi connectivity index (χ1n) is 8.38. The van der Waals surface area contributed by atoms with Crippen molar-refractivity contribution in [3.63, 3.8) is 0 Å². The number of ether oxygens (including phenoxy) is 2. The van der Waals surface area contributed by atoms with Crippen LogP contribution in [0, 0.1) is 5.82 Å². The quantitative estimate of drug-likeness (QED) is 0.578.